The maximum absolute atomic E-state index is 11.5. The summed E-state index contributed by atoms with van der Waals surface area (Å²) in [6, 6.07) is 9.09. The highest BCUT2D eigenvalue weighted by molar-refractivity contribution is 5.92. The summed E-state index contributed by atoms with van der Waals surface area (Å²) in [4.78, 5) is 23.0. The Morgan fingerprint density at radius 1 is 1.23 bits per heavy atom. The first-order chi connectivity index (χ1) is 10.7. The lowest BCUT2D eigenvalue weighted by Crippen LogP contribution is -2.01. The predicted molar refractivity (Wildman–Crippen MR) is 81.5 cm³/mol. The Bertz CT molecular complexity index is 811. The zero-order chi connectivity index (χ0) is 15.5. The second-order valence-electron chi connectivity index (χ2n) is 4.53. The van der Waals surface area contributed by atoms with E-state index in [9.17, 15) is 4.79 Å². The van der Waals surface area contributed by atoms with E-state index in [0.717, 1.165) is 11.4 Å². The van der Waals surface area contributed by atoms with Crippen LogP contribution in [0, 0.1) is 0 Å². The molecule has 22 heavy (non-hydrogen) atoms. The molecule has 0 atom stereocenters. The van der Waals surface area contributed by atoms with Gasteiger partial charge in [0.1, 0.15) is 5.75 Å². The molecule has 0 saturated carbocycles. The second-order valence-corrected chi connectivity index (χ2v) is 4.53. The number of hydrogen-bond donors (Lipinski definition) is 2. The predicted octanol–water partition coefficient (Wildman–Crippen LogP) is 2.50. The maximum Gasteiger partial charge on any atom is 0.339 e. The molecule has 0 bridgehead atoms. The molecule has 0 spiro atoms. The number of carbonyl (C=O) groups is 1. The number of anilines is 2. The summed E-state index contributed by atoms with van der Waals surface area (Å²) in [5.41, 5.74) is 2.39. The number of carbonyl (C=O) groups excluding carboxylic acids is 1. The number of hydrogen-bond acceptors (Lipinski definition) is 6. The van der Waals surface area contributed by atoms with E-state index in [1.165, 1.54) is 13.3 Å². The van der Waals surface area contributed by atoms with Gasteiger partial charge in [-0.1, -0.05) is 0 Å². The van der Waals surface area contributed by atoms with Crippen LogP contribution in [0.3, 0.4) is 0 Å². The van der Waals surface area contributed by atoms with Gasteiger partial charge >= 0.3 is 5.97 Å². The third kappa shape index (κ3) is 2.69. The van der Waals surface area contributed by atoms with Crippen LogP contribution in [-0.4, -0.2) is 35.1 Å². The smallest absolute Gasteiger partial charge is 0.339 e. The van der Waals surface area contributed by atoms with Gasteiger partial charge in [-0.3, -0.25) is 0 Å². The monoisotopic (exact) mass is 298 g/mol. The van der Waals surface area contributed by atoms with Gasteiger partial charge in [0.2, 0.25) is 5.95 Å². The largest absolute Gasteiger partial charge is 0.497 e. The van der Waals surface area contributed by atoms with E-state index in [-0.39, 0.29) is 0 Å². The Morgan fingerprint density at radius 3 is 2.68 bits per heavy atom. The fourth-order valence-electron chi connectivity index (χ4n) is 2.00. The third-order valence-electron chi connectivity index (χ3n) is 3.11. The van der Waals surface area contributed by atoms with Crippen molar-refractivity contribution in [1.29, 1.82) is 0 Å². The number of fused-ring (bicyclic) bond motifs is 1. The number of nitrogens with zero attached hydrogens (tertiary/aromatic N) is 2. The molecule has 7 heteroatoms. The van der Waals surface area contributed by atoms with Crippen molar-refractivity contribution >= 4 is 28.8 Å². The molecule has 0 aliphatic heterocycles. The average Bonchev–Trinajstić information content (AvgIpc) is 2.96. The van der Waals surface area contributed by atoms with Crippen LogP contribution in [0.1, 0.15) is 10.4 Å². The molecule has 0 aliphatic rings. The molecular formula is C15H14N4O3. The lowest BCUT2D eigenvalue weighted by Gasteiger charge is -2.03. The van der Waals surface area contributed by atoms with Gasteiger partial charge in [-0.15, -0.1) is 0 Å². The highest BCUT2D eigenvalue weighted by Gasteiger charge is 2.10. The van der Waals surface area contributed by atoms with Crippen LogP contribution in [0.2, 0.25) is 0 Å². The first-order valence-corrected chi connectivity index (χ1v) is 6.55. The van der Waals surface area contributed by atoms with Gasteiger partial charge in [-0.2, -0.15) is 4.98 Å². The summed E-state index contributed by atoms with van der Waals surface area (Å²) < 4.78 is 9.78. The molecule has 0 aliphatic carbocycles. The van der Waals surface area contributed by atoms with Gasteiger partial charge < -0.3 is 19.8 Å². The van der Waals surface area contributed by atoms with E-state index in [2.05, 4.69) is 25.0 Å². The summed E-state index contributed by atoms with van der Waals surface area (Å²) in [5.74, 6) is 0.878. The van der Waals surface area contributed by atoms with Crippen molar-refractivity contribution in [3.63, 3.8) is 0 Å². The number of imidazole rings is 1. The summed E-state index contributed by atoms with van der Waals surface area (Å²) >= 11 is 0. The van der Waals surface area contributed by atoms with Gasteiger partial charge in [-0.05, 0) is 30.3 Å². The van der Waals surface area contributed by atoms with Gasteiger partial charge in [0.15, 0.2) is 5.65 Å². The van der Waals surface area contributed by atoms with Crippen LogP contribution in [0.15, 0.2) is 36.5 Å². The van der Waals surface area contributed by atoms with E-state index in [0.29, 0.717) is 22.7 Å². The number of rotatable bonds is 4. The van der Waals surface area contributed by atoms with Crippen molar-refractivity contribution in [2.24, 2.45) is 0 Å². The van der Waals surface area contributed by atoms with Crippen molar-refractivity contribution in [3.8, 4) is 5.75 Å². The van der Waals surface area contributed by atoms with Crippen LogP contribution in [0.5, 0.6) is 5.75 Å². The number of esters is 1. The minimum absolute atomic E-state index is 0.370. The standard InChI is InChI=1S/C15H14N4O3/c1-21-11-5-3-10(4-6-11)17-15-18-12-7-9(14(20)22-2)8-16-13(12)19-15/h3-8H,1-2H3,(H2,16,17,18,19). The number of benzene rings is 1. The number of H-pyrrole nitrogens is 1. The quantitative estimate of drug-likeness (QED) is 0.719. The molecular weight excluding hydrogens is 284 g/mol. The fraction of sp³-hybridized carbons (Fsp3) is 0.133. The molecule has 0 fully saturated rings. The number of ether oxygens (including phenoxy) is 2. The lowest BCUT2D eigenvalue weighted by molar-refractivity contribution is 0.0600. The molecule has 0 unspecified atom stereocenters. The van der Waals surface area contributed by atoms with Crippen molar-refractivity contribution < 1.29 is 14.3 Å². The van der Waals surface area contributed by atoms with Crippen LogP contribution >= 0.6 is 0 Å². The van der Waals surface area contributed by atoms with E-state index < -0.39 is 5.97 Å². The Labute approximate surface area is 126 Å². The van der Waals surface area contributed by atoms with Crippen LogP contribution in [0.4, 0.5) is 11.6 Å². The van der Waals surface area contributed by atoms with Gasteiger partial charge in [0.05, 0.1) is 25.3 Å². The molecule has 0 amide bonds. The molecule has 7 nitrogen and oxygen atoms in total. The molecule has 0 radical (unpaired) electrons. The van der Waals surface area contributed by atoms with E-state index >= 15 is 0 Å². The molecule has 2 aromatic heterocycles. The maximum atomic E-state index is 11.5. The first kappa shape index (κ1) is 13.9. The number of pyridine rings is 1. The molecule has 2 N–H and O–H groups in total. The summed E-state index contributed by atoms with van der Waals surface area (Å²) in [7, 11) is 2.95. The zero-order valence-electron chi connectivity index (χ0n) is 12.1. The van der Waals surface area contributed by atoms with E-state index in [1.807, 2.05) is 24.3 Å². The summed E-state index contributed by atoms with van der Waals surface area (Å²) in [6.45, 7) is 0. The van der Waals surface area contributed by atoms with Crippen molar-refractivity contribution in [1.82, 2.24) is 15.0 Å². The van der Waals surface area contributed by atoms with E-state index in [4.69, 9.17) is 4.74 Å². The van der Waals surface area contributed by atoms with Crippen LogP contribution in [0.25, 0.3) is 11.2 Å². The molecule has 0 saturated heterocycles. The van der Waals surface area contributed by atoms with Crippen molar-refractivity contribution in [2.45, 2.75) is 0 Å². The number of aromatic nitrogens is 3. The highest BCUT2D eigenvalue weighted by Crippen LogP contribution is 2.20. The molecule has 112 valence electrons. The van der Waals surface area contributed by atoms with Crippen molar-refractivity contribution in [2.75, 3.05) is 19.5 Å². The highest BCUT2D eigenvalue weighted by atomic mass is 16.5. The topological polar surface area (TPSA) is 89.1 Å². The molecule has 1 aromatic carbocycles. The number of methoxy groups -OCH3 is 2. The number of nitrogens with one attached hydrogen (secondary N) is 2. The van der Waals surface area contributed by atoms with Crippen LogP contribution in [-0.2, 0) is 4.74 Å². The SMILES string of the molecule is COC(=O)c1cnc2nc(Nc3ccc(OC)cc3)[nH]c2c1. The third-order valence-corrected chi connectivity index (χ3v) is 3.11. The number of aromatic amines is 1. The Morgan fingerprint density at radius 2 is 2.00 bits per heavy atom. The molecule has 3 rings (SSSR count). The van der Waals surface area contributed by atoms with Gasteiger partial charge in [-0.25, -0.2) is 9.78 Å². The first-order valence-electron chi connectivity index (χ1n) is 6.55. The van der Waals surface area contributed by atoms with Crippen LogP contribution < -0.4 is 10.1 Å². The normalized spacial score (nSPS) is 10.5. The van der Waals surface area contributed by atoms with Crippen molar-refractivity contribution in [3.05, 3.63) is 42.1 Å². The summed E-state index contributed by atoms with van der Waals surface area (Å²) in [5, 5.41) is 3.13. The minimum atomic E-state index is -0.436. The molecule has 3 aromatic rings. The average molecular weight is 298 g/mol. The second kappa shape index (κ2) is 5.72. The fourth-order valence-corrected chi connectivity index (χ4v) is 2.00. The zero-order valence-corrected chi connectivity index (χ0v) is 12.1. The lowest BCUT2D eigenvalue weighted by atomic mass is 10.3. The summed E-state index contributed by atoms with van der Waals surface area (Å²) in [6.07, 6.45) is 1.44. The Hall–Kier alpha value is -3.09. The minimum Gasteiger partial charge on any atom is -0.497 e. The van der Waals surface area contributed by atoms with Gasteiger partial charge in [0, 0.05) is 11.9 Å². The Balaban J connectivity index is 1.86. The molecule has 2 heterocycles. The van der Waals surface area contributed by atoms with Gasteiger partial charge in [0.25, 0.3) is 0 Å². The Kier molecular flexibility index (Phi) is 3.61. The van der Waals surface area contributed by atoms with E-state index in [1.54, 1.807) is 13.2 Å².